The van der Waals surface area contributed by atoms with E-state index in [9.17, 15) is 4.79 Å². The minimum absolute atomic E-state index is 0.125. The van der Waals surface area contributed by atoms with Crippen LogP contribution in [0.1, 0.15) is 44.6 Å². The van der Waals surface area contributed by atoms with Crippen molar-refractivity contribution < 1.29 is 4.79 Å². The lowest BCUT2D eigenvalue weighted by atomic mass is 10.00. The summed E-state index contributed by atoms with van der Waals surface area (Å²) in [5.74, 6) is 0.326. The molecule has 0 saturated heterocycles. The van der Waals surface area contributed by atoms with Crippen molar-refractivity contribution in [2.45, 2.75) is 57.5 Å². The lowest BCUT2D eigenvalue weighted by Crippen LogP contribution is -2.39. The average Bonchev–Trinajstić information content (AvgIpc) is 2.87. The maximum absolute atomic E-state index is 12.3. The van der Waals surface area contributed by atoms with Crippen molar-refractivity contribution >= 4 is 5.91 Å². The zero-order valence-corrected chi connectivity index (χ0v) is 12.3. The van der Waals surface area contributed by atoms with E-state index in [0.29, 0.717) is 0 Å². The van der Waals surface area contributed by atoms with Gasteiger partial charge < -0.3 is 11.1 Å². The van der Waals surface area contributed by atoms with E-state index in [1.54, 1.807) is 0 Å². The smallest absolute Gasteiger partial charge is 0.223 e. The van der Waals surface area contributed by atoms with E-state index in [0.717, 1.165) is 38.5 Å². The number of amides is 1. The van der Waals surface area contributed by atoms with Crippen LogP contribution in [0, 0.1) is 5.92 Å². The van der Waals surface area contributed by atoms with Crippen molar-refractivity contribution in [3.63, 3.8) is 0 Å². The van der Waals surface area contributed by atoms with Crippen molar-refractivity contribution in [1.82, 2.24) is 5.32 Å². The van der Waals surface area contributed by atoms with Gasteiger partial charge in [-0.3, -0.25) is 4.79 Å². The van der Waals surface area contributed by atoms with E-state index in [-0.39, 0.29) is 23.9 Å². The van der Waals surface area contributed by atoms with Crippen LogP contribution in [0.5, 0.6) is 0 Å². The number of carbonyl (C=O) groups is 1. The molecule has 110 valence electrons. The van der Waals surface area contributed by atoms with Crippen molar-refractivity contribution in [3.05, 3.63) is 35.9 Å². The summed E-state index contributed by atoms with van der Waals surface area (Å²) in [6.07, 6.45) is 5.79. The van der Waals surface area contributed by atoms with Gasteiger partial charge in [0, 0.05) is 18.0 Å². The molecule has 1 aliphatic carbocycles. The largest absolute Gasteiger partial charge is 0.353 e. The third kappa shape index (κ3) is 4.34. The number of carbonyl (C=O) groups excluding carboxylic acids is 1. The molecule has 1 amide bonds. The van der Waals surface area contributed by atoms with Crippen molar-refractivity contribution in [2.24, 2.45) is 11.7 Å². The molecule has 0 heterocycles. The summed E-state index contributed by atoms with van der Waals surface area (Å²) < 4.78 is 0. The second kappa shape index (κ2) is 7.44. The molecule has 1 aliphatic rings. The molecule has 3 N–H and O–H groups in total. The molecule has 3 atom stereocenters. The lowest BCUT2D eigenvalue weighted by Gasteiger charge is -2.20. The summed E-state index contributed by atoms with van der Waals surface area (Å²) in [6, 6.07) is 10.8. The van der Waals surface area contributed by atoms with Gasteiger partial charge in [0.05, 0.1) is 0 Å². The average molecular weight is 274 g/mol. The van der Waals surface area contributed by atoms with E-state index < -0.39 is 0 Å². The molecule has 1 aromatic carbocycles. The lowest BCUT2D eigenvalue weighted by molar-refractivity contribution is -0.125. The Morgan fingerprint density at radius 3 is 2.70 bits per heavy atom. The monoisotopic (exact) mass is 274 g/mol. The first-order valence-corrected chi connectivity index (χ1v) is 7.79. The molecular formula is C17H26N2O. The van der Waals surface area contributed by atoms with Gasteiger partial charge >= 0.3 is 0 Å². The van der Waals surface area contributed by atoms with E-state index >= 15 is 0 Å². The van der Waals surface area contributed by atoms with Crippen molar-refractivity contribution in [1.29, 1.82) is 0 Å². The van der Waals surface area contributed by atoms with Crippen LogP contribution in [-0.4, -0.2) is 18.0 Å². The zero-order valence-electron chi connectivity index (χ0n) is 12.3. The van der Waals surface area contributed by atoms with E-state index in [1.165, 1.54) is 5.56 Å². The summed E-state index contributed by atoms with van der Waals surface area (Å²) in [6.45, 7) is 2.16. The number of hydrogen-bond acceptors (Lipinski definition) is 2. The molecule has 2 rings (SSSR count). The molecular weight excluding hydrogens is 248 g/mol. The maximum atomic E-state index is 12.3. The van der Waals surface area contributed by atoms with Crippen LogP contribution < -0.4 is 11.1 Å². The van der Waals surface area contributed by atoms with Crippen LogP contribution in [0.25, 0.3) is 0 Å². The number of rotatable bonds is 6. The molecule has 0 bridgehead atoms. The van der Waals surface area contributed by atoms with Crippen LogP contribution in [0.15, 0.2) is 30.3 Å². The first-order chi connectivity index (χ1) is 9.69. The Balaban J connectivity index is 1.90. The van der Waals surface area contributed by atoms with Crippen molar-refractivity contribution in [2.75, 3.05) is 0 Å². The molecule has 3 heteroatoms. The Morgan fingerprint density at radius 2 is 2.10 bits per heavy atom. The SMILES string of the molecule is CCCC(Cc1ccccc1)NC(=O)C1CCC(N)C1. The first-order valence-electron chi connectivity index (χ1n) is 7.79. The van der Waals surface area contributed by atoms with Gasteiger partial charge in [0.1, 0.15) is 0 Å². The van der Waals surface area contributed by atoms with Crippen LogP contribution >= 0.6 is 0 Å². The normalized spacial score (nSPS) is 23.5. The number of nitrogens with two attached hydrogens (primary N) is 1. The van der Waals surface area contributed by atoms with Gasteiger partial charge in [0.25, 0.3) is 0 Å². The van der Waals surface area contributed by atoms with Crippen molar-refractivity contribution in [3.8, 4) is 0 Å². The second-order valence-corrected chi connectivity index (χ2v) is 5.95. The highest BCUT2D eigenvalue weighted by Gasteiger charge is 2.28. The minimum Gasteiger partial charge on any atom is -0.353 e. The van der Waals surface area contributed by atoms with Gasteiger partial charge in [-0.05, 0) is 37.7 Å². The second-order valence-electron chi connectivity index (χ2n) is 5.95. The summed E-state index contributed by atoms with van der Waals surface area (Å²) in [7, 11) is 0. The molecule has 20 heavy (non-hydrogen) atoms. The summed E-state index contributed by atoms with van der Waals surface area (Å²) in [4.78, 5) is 12.3. The topological polar surface area (TPSA) is 55.1 Å². The predicted molar refractivity (Wildman–Crippen MR) is 82.3 cm³/mol. The van der Waals surface area contributed by atoms with Crippen LogP contribution in [0.2, 0.25) is 0 Å². The minimum atomic E-state index is 0.125. The van der Waals surface area contributed by atoms with E-state index in [1.807, 2.05) is 6.07 Å². The van der Waals surface area contributed by atoms with Gasteiger partial charge in [-0.2, -0.15) is 0 Å². The third-order valence-corrected chi connectivity index (χ3v) is 4.15. The van der Waals surface area contributed by atoms with Crippen LogP contribution in [0.4, 0.5) is 0 Å². The van der Waals surface area contributed by atoms with Gasteiger partial charge in [-0.15, -0.1) is 0 Å². The molecule has 3 nitrogen and oxygen atoms in total. The van der Waals surface area contributed by atoms with E-state index in [4.69, 9.17) is 5.73 Å². The number of nitrogens with one attached hydrogen (secondary N) is 1. The van der Waals surface area contributed by atoms with Gasteiger partial charge in [-0.25, -0.2) is 0 Å². The molecule has 1 fully saturated rings. The maximum Gasteiger partial charge on any atom is 0.223 e. The Labute approximate surface area is 121 Å². The van der Waals surface area contributed by atoms with Crippen LogP contribution in [-0.2, 0) is 11.2 Å². The molecule has 3 unspecified atom stereocenters. The quantitative estimate of drug-likeness (QED) is 0.838. The fraction of sp³-hybridized carbons (Fsp3) is 0.588. The Bertz CT molecular complexity index is 418. The highest BCUT2D eigenvalue weighted by molar-refractivity contribution is 5.79. The molecule has 0 spiro atoms. The molecule has 0 aliphatic heterocycles. The zero-order chi connectivity index (χ0) is 14.4. The predicted octanol–water partition coefficient (Wildman–Crippen LogP) is 2.64. The van der Waals surface area contributed by atoms with Crippen LogP contribution in [0.3, 0.4) is 0 Å². The summed E-state index contributed by atoms with van der Waals surface area (Å²) >= 11 is 0. The number of benzene rings is 1. The van der Waals surface area contributed by atoms with Gasteiger partial charge in [-0.1, -0.05) is 43.7 Å². The molecule has 1 saturated carbocycles. The standard InChI is InChI=1S/C17H26N2O/c1-2-6-16(11-13-7-4-3-5-8-13)19-17(20)14-9-10-15(18)12-14/h3-5,7-8,14-16H,2,6,9-12,18H2,1H3,(H,19,20). The summed E-state index contributed by atoms with van der Waals surface area (Å²) in [5, 5.41) is 3.23. The third-order valence-electron chi connectivity index (χ3n) is 4.15. The Kier molecular flexibility index (Phi) is 5.60. The molecule has 1 aromatic rings. The summed E-state index contributed by atoms with van der Waals surface area (Å²) in [5.41, 5.74) is 7.18. The number of hydrogen-bond donors (Lipinski definition) is 2. The fourth-order valence-electron chi connectivity index (χ4n) is 3.05. The molecule has 0 radical (unpaired) electrons. The molecule has 0 aromatic heterocycles. The van der Waals surface area contributed by atoms with Gasteiger partial charge in [0.2, 0.25) is 5.91 Å². The fourth-order valence-corrected chi connectivity index (χ4v) is 3.05. The highest BCUT2D eigenvalue weighted by Crippen LogP contribution is 2.24. The first kappa shape index (κ1) is 15.0. The van der Waals surface area contributed by atoms with E-state index in [2.05, 4.69) is 36.5 Å². The Hall–Kier alpha value is -1.35. The highest BCUT2D eigenvalue weighted by atomic mass is 16.1. The van der Waals surface area contributed by atoms with Gasteiger partial charge in [0.15, 0.2) is 0 Å². The Morgan fingerprint density at radius 1 is 1.35 bits per heavy atom.